The largest absolute Gasteiger partial charge is 0.490 e. The number of benzene rings is 2. The molecule has 0 amide bonds. The maximum Gasteiger partial charge on any atom is 0.179 e. The lowest BCUT2D eigenvalue weighted by molar-refractivity contribution is 0.214. The van der Waals surface area contributed by atoms with Crippen LogP contribution in [0, 0.1) is 11.3 Å². The minimum absolute atomic E-state index is 0.154. The molecule has 6 heteroatoms. The molecule has 114 valence electrons. The normalized spacial score (nSPS) is 10.7. The van der Waals surface area contributed by atoms with Gasteiger partial charge in [0, 0.05) is 6.26 Å². The van der Waals surface area contributed by atoms with Crippen LogP contribution in [-0.2, 0) is 9.84 Å². The van der Waals surface area contributed by atoms with Crippen LogP contribution in [0.4, 0.5) is 0 Å². The molecule has 0 N–H and O–H groups in total. The summed E-state index contributed by atoms with van der Waals surface area (Å²) in [5, 5.41) is 8.80. The molecule has 0 bridgehead atoms. The zero-order valence-corrected chi connectivity index (χ0v) is 12.8. The van der Waals surface area contributed by atoms with E-state index in [9.17, 15) is 8.42 Å². The number of hydrogen-bond acceptors (Lipinski definition) is 5. The molecule has 0 aromatic heterocycles. The highest BCUT2D eigenvalue weighted by atomic mass is 32.2. The Kier molecular flexibility index (Phi) is 5.02. The second-order valence-electron chi connectivity index (χ2n) is 4.56. The number of hydrogen-bond donors (Lipinski definition) is 0. The Hall–Kier alpha value is -2.52. The topological polar surface area (TPSA) is 76.4 Å². The molecular formula is C16H15NO4S. The van der Waals surface area contributed by atoms with E-state index in [1.165, 1.54) is 6.07 Å². The van der Waals surface area contributed by atoms with Crippen molar-refractivity contribution in [2.45, 2.75) is 4.90 Å². The molecule has 2 aromatic carbocycles. The van der Waals surface area contributed by atoms with Crippen LogP contribution in [-0.4, -0.2) is 27.9 Å². The number of nitrogens with zero attached hydrogens (tertiary/aromatic N) is 1. The monoisotopic (exact) mass is 317 g/mol. The molecule has 0 spiro atoms. The van der Waals surface area contributed by atoms with Gasteiger partial charge in [0.1, 0.15) is 29.6 Å². The Morgan fingerprint density at radius 3 is 2.50 bits per heavy atom. The first kappa shape index (κ1) is 15.9. The van der Waals surface area contributed by atoms with Gasteiger partial charge in [-0.25, -0.2) is 8.42 Å². The van der Waals surface area contributed by atoms with Gasteiger partial charge >= 0.3 is 0 Å². The van der Waals surface area contributed by atoms with Crippen LogP contribution < -0.4 is 9.47 Å². The Bertz CT molecular complexity index is 794. The molecule has 0 radical (unpaired) electrons. The lowest BCUT2D eigenvalue weighted by Crippen LogP contribution is -2.11. The van der Waals surface area contributed by atoms with Gasteiger partial charge in [0.25, 0.3) is 0 Å². The highest BCUT2D eigenvalue weighted by Gasteiger charge is 2.13. The van der Waals surface area contributed by atoms with Crippen LogP contribution in [0.3, 0.4) is 0 Å². The first-order valence-corrected chi connectivity index (χ1v) is 8.45. The van der Waals surface area contributed by atoms with Crippen molar-refractivity contribution < 1.29 is 17.9 Å². The Labute approximate surface area is 129 Å². The van der Waals surface area contributed by atoms with Crippen LogP contribution in [0.1, 0.15) is 5.56 Å². The second-order valence-corrected chi connectivity index (χ2v) is 6.54. The van der Waals surface area contributed by atoms with Gasteiger partial charge in [-0.2, -0.15) is 5.26 Å². The zero-order valence-electron chi connectivity index (χ0n) is 12.0. The average Bonchev–Trinajstić information content (AvgIpc) is 2.51. The maximum absolute atomic E-state index is 11.6. The van der Waals surface area contributed by atoms with Gasteiger partial charge in [0.2, 0.25) is 0 Å². The molecule has 0 saturated carbocycles. The van der Waals surface area contributed by atoms with Gasteiger partial charge in [-0.3, -0.25) is 0 Å². The van der Waals surface area contributed by atoms with Crippen LogP contribution in [0.5, 0.6) is 11.5 Å². The van der Waals surface area contributed by atoms with Crippen molar-refractivity contribution in [1.29, 1.82) is 5.26 Å². The van der Waals surface area contributed by atoms with Crippen molar-refractivity contribution >= 4 is 9.84 Å². The van der Waals surface area contributed by atoms with E-state index in [1.54, 1.807) is 42.5 Å². The van der Waals surface area contributed by atoms with Crippen molar-refractivity contribution in [2.24, 2.45) is 0 Å². The molecular weight excluding hydrogens is 302 g/mol. The molecule has 0 saturated heterocycles. The summed E-state index contributed by atoms with van der Waals surface area (Å²) in [5.41, 5.74) is 0.515. The van der Waals surface area contributed by atoms with Crippen molar-refractivity contribution in [1.82, 2.24) is 0 Å². The summed E-state index contributed by atoms with van der Waals surface area (Å²) in [5.74, 6) is 0.874. The van der Waals surface area contributed by atoms with E-state index in [0.29, 0.717) is 17.1 Å². The summed E-state index contributed by atoms with van der Waals surface area (Å²) in [6.45, 7) is 0.441. The molecule has 0 atom stereocenters. The maximum atomic E-state index is 11.6. The summed E-state index contributed by atoms with van der Waals surface area (Å²) in [4.78, 5) is 0.154. The molecule has 0 aliphatic rings. The summed E-state index contributed by atoms with van der Waals surface area (Å²) in [7, 11) is -3.33. The van der Waals surface area contributed by atoms with E-state index in [1.807, 2.05) is 6.07 Å². The van der Waals surface area contributed by atoms with Crippen molar-refractivity contribution in [3.05, 3.63) is 54.1 Å². The number of rotatable bonds is 6. The molecule has 2 rings (SSSR count). The molecule has 5 nitrogen and oxygen atoms in total. The lowest BCUT2D eigenvalue weighted by atomic mass is 10.2. The van der Waals surface area contributed by atoms with E-state index in [4.69, 9.17) is 14.7 Å². The third kappa shape index (κ3) is 4.24. The average molecular weight is 317 g/mol. The Morgan fingerprint density at radius 2 is 1.77 bits per heavy atom. The smallest absolute Gasteiger partial charge is 0.179 e. The number of sulfone groups is 1. The van der Waals surface area contributed by atoms with Crippen molar-refractivity contribution in [3.8, 4) is 17.6 Å². The highest BCUT2D eigenvalue weighted by molar-refractivity contribution is 7.90. The van der Waals surface area contributed by atoms with Gasteiger partial charge in [0.15, 0.2) is 9.84 Å². The van der Waals surface area contributed by atoms with Gasteiger partial charge in [0.05, 0.1) is 11.6 Å². The van der Waals surface area contributed by atoms with Gasteiger partial charge < -0.3 is 9.47 Å². The molecule has 0 fully saturated rings. The van der Waals surface area contributed by atoms with Crippen molar-refractivity contribution in [3.63, 3.8) is 0 Å². The number of para-hydroxylation sites is 1. The van der Waals surface area contributed by atoms with Crippen LogP contribution in [0.15, 0.2) is 53.4 Å². The van der Waals surface area contributed by atoms with E-state index >= 15 is 0 Å². The van der Waals surface area contributed by atoms with Crippen molar-refractivity contribution in [2.75, 3.05) is 19.5 Å². The fourth-order valence-corrected chi connectivity index (χ4v) is 2.66. The molecule has 0 aliphatic carbocycles. The SMILES string of the molecule is CS(=O)(=O)c1ccccc1OCCOc1cccc(C#N)c1. The van der Waals surface area contributed by atoms with Gasteiger partial charge in [-0.05, 0) is 30.3 Å². The summed E-state index contributed by atoms with van der Waals surface area (Å²) >= 11 is 0. The summed E-state index contributed by atoms with van der Waals surface area (Å²) in [6.07, 6.45) is 1.14. The summed E-state index contributed by atoms with van der Waals surface area (Å²) < 4.78 is 34.2. The van der Waals surface area contributed by atoms with E-state index in [2.05, 4.69) is 0 Å². The predicted octanol–water partition coefficient (Wildman–Crippen LogP) is 2.42. The standard InChI is InChI=1S/C16H15NO4S/c1-22(18,19)16-8-3-2-7-15(16)21-10-9-20-14-6-4-5-13(11-14)12-17/h2-8,11H,9-10H2,1H3. The van der Waals surface area contributed by atoms with E-state index in [0.717, 1.165) is 6.26 Å². The fourth-order valence-electron chi connectivity index (χ4n) is 1.84. The first-order valence-electron chi connectivity index (χ1n) is 6.55. The number of ether oxygens (including phenoxy) is 2. The second kappa shape index (κ2) is 6.96. The van der Waals surface area contributed by atoms with E-state index in [-0.39, 0.29) is 18.1 Å². The fraction of sp³-hybridized carbons (Fsp3) is 0.188. The third-order valence-electron chi connectivity index (χ3n) is 2.82. The zero-order chi connectivity index (χ0) is 16.0. The molecule has 0 unspecified atom stereocenters. The minimum Gasteiger partial charge on any atom is -0.490 e. The van der Waals surface area contributed by atoms with Crippen LogP contribution in [0.25, 0.3) is 0 Å². The third-order valence-corrected chi connectivity index (χ3v) is 3.96. The molecule has 2 aromatic rings. The van der Waals surface area contributed by atoms with Crippen LogP contribution in [0.2, 0.25) is 0 Å². The molecule has 0 heterocycles. The lowest BCUT2D eigenvalue weighted by Gasteiger charge is -2.11. The molecule has 22 heavy (non-hydrogen) atoms. The van der Waals surface area contributed by atoms with Gasteiger partial charge in [-0.15, -0.1) is 0 Å². The van der Waals surface area contributed by atoms with E-state index < -0.39 is 9.84 Å². The Balaban J connectivity index is 1.94. The van der Waals surface area contributed by atoms with Crippen LogP contribution >= 0.6 is 0 Å². The van der Waals surface area contributed by atoms with Gasteiger partial charge in [-0.1, -0.05) is 18.2 Å². The quantitative estimate of drug-likeness (QED) is 0.765. The summed E-state index contributed by atoms with van der Waals surface area (Å²) in [6, 6.07) is 15.3. The first-order chi connectivity index (χ1) is 10.5. The number of nitriles is 1. The molecule has 0 aliphatic heterocycles. The Morgan fingerprint density at radius 1 is 1.05 bits per heavy atom. The predicted molar refractivity (Wildman–Crippen MR) is 81.7 cm³/mol. The highest BCUT2D eigenvalue weighted by Crippen LogP contribution is 2.23. The minimum atomic E-state index is -3.33.